The highest BCUT2D eigenvalue weighted by Gasteiger charge is 2.32. The van der Waals surface area contributed by atoms with Gasteiger partial charge in [0.1, 0.15) is 12.7 Å². The van der Waals surface area contributed by atoms with Gasteiger partial charge in [0.2, 0.25) is 0 Å². The van der Waals surface area contributed by atoms with Crippen LogP contribution < -0.4 is 5.56 Å². The van der Waals surface area contributed by atoms with Gasteiger partial charge in [0.05, 0.1) is 6.54 Å². The normalized spacial score (nSPS) is 17.3. The first-order chi connectivity index (χ1) is 11.4. The number of halogens is 3. The van der Waals surface area contributed by atoms with Gasteiger partial charge in [-0.1, -0.05) is 0 Å². The van der Waals surface area contributed by atoms with Crippen molar-refractivity contribution in [3.8, 4) is 5.82 Å². The molecular formula is C14H17F3N6O. The molecule has 0 atom stereocenters. The second-order valence-corrected chi connectivity index (χ2v) is 5.89. The zero-order valence-corrected chi connectivity index (χ0v) is 12.9. The molecule has 0 N–H and O–H groups in total. The summed E-state index contributed by atoms with van der Waals surface area (Å²) in [7, 11) is 0. The summed E-state index contributed by atoms with van der Waals surface area (Å²) in [5.74, 6) is 0.604. The summed E-state index contributed by atoms with van der Waals surface area (Å²) >= 11 is 0. The Kier molecular flexibility index (Phi) is 4.65. The van der Waals surface area contributed by atoms with Crippen LogP contribution in [0.25, 0.3) is 5.82 Å². The van der Waals surface area contributed by atoms with Crippen molar-refractivity contribution in [1.29, 1.82) is 0 Å². The van der Waals surface area contributed by atoms with Crippen LogP contribution in [0.3, 0.4) is 0 Å². The van der Waals surface area contributed by atoms with Gasteiger partial charge in [-0.05, 0) is 37.9 Å². The van der Waals surface area contributed by atoms with Gasteiger partial charge in [-0.2, -0.15) is 18.3 Å². The topological polar surface area (TPSA) is 68.8 Å². The second-order valence-electron chi connectivity index (χ2n) is 5.89. The van der Waals surface area contributed by atoms with E-state index in [9.17, 15) is 18.0 Å². The SMILES string of the molecule is O=c1ccc(-n2cncn2)nn1CC1CCN(CC(F)(F)F)CC1. The number of rotatable bonds is 4. The monoisotopic (exact) mass is 342 g/mol. The smallest absolute Gasteiger partial charge is 0.295 e. The molecule has 0 radical (unpaired) electrons. The molecule has 24 heavy (non-hydrogen) atoms. The van der Waals surface area contributed by atoms with Crippen molar-refractivity contribution in [2.75, 3.05) is 19.6 Å². The molecule has 10 heteroatoms. The van der Waals surface area contributed by atoms with E-state index in [0.29, 0.717) is 38.3 Å². The predicted molar refractivity (Wildman–Crippen MR) is 78.6 cm³/mol. The molecule has 0 spiro atoms. The highest BCUT2D eigenvalue weighted by molar-refractivity contribution is 5.16. The van der Waals surface area contributed by atoms with Crippen LogP contribution >= 0.6 is 0 Å². The van der Waals surface area contributed by atoms with Gasteiger partial charge < -0.3 is 0 Å². The second kappa shape index (κ2) is 6.71. The fourth-order valence-electron chi connectivity index (χ4n) is 2.84. The first kappa shape index (κ1) is 16.6. The average molecular weight is 342 g/mol. The summed E-state index contributed by atoms with van der Waals surface area (Å²) in [6.07, 6.45) is -0.104. The molecule has 0 saturated carbocycles. The van der Waals surface area contributed by atoms with E-state index in [4.69, 9.17) is 0 Å². The van der Waals surface area contributed by atoms with E-state index in [2.05, 4.69) is 15.2 Å². The zero-order valence-electron chi connectivity index (χ0n) is 12.9. The van der Waals surface area contributed by atoms with Gasteiger partial charge in [0, 0.05) is 12.6 Å². The van der Waals surface area contributed by atoms with Crippen LogP contribution in [0.1, 0.15) is 12.8 Å². The van der Waals surface area contributed by atoms with Crippen molar-refractivity contribution in [3.63, 3.8) is 0 Å². The lowest BCUT2D eigenvalue weighted by Gasteiger charge is -2.32. The quantitative estimate of drug-likeness (QED) is 0.832. The van der Waals surface area contributed by atoms with Gasteiger partial charge in [0.15, 0.2) is 5.82 Å². The van der Waals surface area contributed by atoms with Crippen LogP contribution in [0.15, 0.2) is 29.6 Å². The van der Waals surface area contributed by atoms with E-state index < -0.39 is 12.7 Å². The van der Waals surface area contributed by atoms with Crippen LogP contribution in [0.4, 0.5) is 13.2 Å². The summed E-state index contributed by atoms with van der Waals surface area (Å²) < 4.78 is 40.0. The molecule has 2 aromatic rings. The van der Waals surface area contributed by atoms with Gasteiger partial charge in [-0.25, -0.2) is 14.3 Å². The minimum Gasteiger partial charge on any atom is -0.295 e. The fourth-order valence-corrected chi connectivity index (χ4v) is 2.84. The van der Waals surface area contributed by atoms with Crippen LogP contribution in [0.5, 0.6) is 0 Å². The molecule has 1 aliphatic rings. The number of alkyl halides is 3. The summed E-state index contributed by atoms with van der Waals surface area (Å²) in [6, 6.07) is 2.96. The average Bonchev–Trinajstić information content (AvgIpc) is 3.04. The van der Waals surface area contributed by atoms with Crippen molar-refractivity contribution in [3.05, 3.63) is 35.1 Å². The molecule has 3 rings (SSSR count). The highest BCUT2D eigenvalue weighted by atomic mass is 19.4. The predicted octanol–water partition coefficient (Wildman–Crippen LogP) is 1.10. The van der Waals surface area contributed by atoms with Crippen molar-refractivity contribution in [1.82, 2.24) is 29.4 Å². The number of aromatic nitrogens is 5. The molecule has 2 aromatic heterocycles. The van der Waals surface area contributed by atoms with Crippen LogP contribution in [-0.4, -0.2) is 55.3 Å². The van der Waals surface area contributed by atoms with E-state index in [1.54, 1.807) is 6.07 Å². The molecule has 3 heterocycles. The van der Waals surface area contributed by atoms with Crippen LogP contribution in [0, 0.1) is 5.92 Å². The van der Waals surface area contributed by atoms with Crippen molar-refractivity contribution in [2.24, 2.45) is 5.92 Å². The summed E-state index contributed by atoms with van der Waals surface area (Å²) in [5.41, 5.74) is -0.239. The molecule has 0 bridgehead atoms. The lowest BCUT2D eigenvalue weighted by molar-refractivity contribution is -0.148. The lowest BCUT2D eigenvalue weighted by Crippen LogP contribution is -2.41. The number of nitrogens with zero attached hydrogens (tertiary/aromatic N) is 6. The Balaban J connectivity index is 1.63. The Morgan fingerprint density at radius 2 is 1.96 bits per heavy atom. The van der Waals surface area contributed by atoms with Gasteiger partial charge in [0.25, 0.3) is 5.56 Å². The third kappa shape index (κ3) is 4.19. The maximum absolute atomic E-state index is 12.4. The fraction of sp³-hybridized carbons (Fsp3) is 0.571. The Hall–Kier alpha value is -2.23. The Morgan fingerprint density at radius 3 is 2.58 bits per heavy atom. The molecule has 0 amide bonds. The van der Waals surface area contributed by atoms with E-state index in [1.807, 2.05) is 0 Å². The van der Waals surface area contributed by atoms with E-state index in [1.165, 1.54) is 33.0 Å². The Morgan fingerprint density at radius 1 is 1.21 bits per heavy atom. The first-order valence-corrected chi connectivity index (χ1v) is 7.63. The molecule has 130 valence electrons. The summed E-state index contributed by atoms with van der Waals surface area (Å²) in [6.45, 7) is 0.268. The Labute approximate surface area is 135 Å². The lowest BCUT2D eigenvalue weighted by atomic mass is 9.97. The largest absolute Gasteiger partial charge is 0.401 e. The molecule has 1 fully saturated rings. The first-order valence-electron chi connectivity index (χ1n) is 7.63. The van der Waals surface area contributed by atoms with Crippen molar-refractivity contribution in [2.45, 2.75) is 25.6 Å². The number of hydrogen-bond donors (Lipinski definition) is 0. The molecule has 1 saturated heterocycles. The Bertz CT molecular complexity index is 719. The number of piperidine rings is 1. The highest BCUT2D eigenvalue weighted by Crippen LogP contribution is 2.23. The van der Waals surface area contributed by atoms with Crippen molar-refractivity contribution >= 4 is 0 Å². The molecule has 1 aliphatic heterocycles. The van der Waals surface area contributed by atoms with Gasteiger partial charge in [-0.3, -0.25) is 9.69 Å². The van der Waals surface area contributed by atoms with E-state index in [0.717, 1.165) is 0 Å². The molecule has 0 aromatic carbocycles. The molecule has 0 unspecified atom stereocenters. The van der Waals surface area contributed by atoms with E-state index >= 15 is 0 Å². The summed E-state index contributed by atoms with van der Waals surface area (Å²) in [4.78, 5) is 17.2. The molecular weight excluding hydrogens is 325 g/mol. The zero-order chi connectivity index (χ0) is 17.2. The standard InChI is InChI=1S/C14H17F3N6O/c15-14(16,17)8-21-5-3-11(4-6-21)7-22-13(24)2-1-12(20-22)23-10-18-9-19-23/h1-2,9-11H,3-8H2. The van der Waals surface area contributed by atoms with E-state index in [-0.39, 0.29) is 11.5 Å². The van der Waals surface area contributed by atoms with Crippen LogP contribution in [0.2, 0.25) is 0 Å². The molecule has 7 nitrogen and oxygen atoms in total. The maximum Gasteiger partial charge on any atom is 0.401 e. The van der Waals surface area contributed by atoms with Gasteiger partial charge in [-0.15, -0.1) is 5.10 Å². The van der Waals surface area contributed by atoms with Crippen molar-refractivity contribution < 1.29 is 13.2 Å². The minimum absolute atomic E-state index is 0.130. The minimum atomic E-state index is -4.17. The van der Waals surface area contributed by atoms with Gasteiger partial charge >= 0.3 is 6.18 Å². The van der Waals surface area contributed by atoms with Crippen LogP contribution in [-0.2, 0) is 6.54 Å². The number of likely N-dealkylation sites (tertiary alicyclic amines) is 1. The summed E-state index contributed by atoms with van der Waals surface area (Å²) in [5, 5.41) is 8.22. The molecule has 0 aliphatic carbocycles. The third-order valence-electron chi connectivity index (χ3n) is 4.05. The maximum atomic E-state index is 12.4. The number of hydrogen-bond acceptors (Lipinski definition) is 5. The third-order valence-corrected chi connectivity index (χ3v) is 4.05.